The molecule has 0 aliphatic carbocycles. The van der Waals surface area contributed by atoms with Crippen LogP contribution in [0.1, 0.15) is 11.1 Å². The summed E-state index contributed by atoms with van der Waals surface area (Å²) in [6.45, 7) is 5.42. The number of carbonyl (C=O) groups excluding carboxylic acids is 1. The Morgan fingerprint density at radius 3 is 2.63 bits per heavy atom. The van der Waals surface area contributed by atoms with Gasteiger partial charge in [-0.05, 0) is 61.4 Å². The van der Waals surface area contributed by atoms with Crippen LogP contribution in [0.15, 0.2) is 46.3 Å². The van der Waals surface area contributed by atoms with Gasteiger partial charge >= 0.3 is 0 Å². The lowest BCUT2D eigenvalue weighted by Gasteiger charge is -2.06. The fraction of sp³-hybridized carbons (Fsp3) is 0.300. The molecule has 0 spiro atoms. The zero-order valence-corrected chi connectivity index (χ0v) is 17.9. The number of benzene rings is 2. The third kappa shape index (κ3) is 5.02. The van der Waals surface area contributed by atoms with E-state index in [1.165, 1.54) is 22.9 Å². The van der Waals surface area contributed by atoms with E-state index in [-0.39, 0.29) is 11.7 Å². The zero-order chi connectivity index (χ0) is 19.4. The van der Waals surface area contributed by atoms with Gasteiger partial charge in [-0.25, -0.2) is 0 Å². The topological polar surface area (TPSA) is 43.6 Å². The van der Waals surface area contributed by atoms with Crippen LogP contribution in [0.5, 0.6) is 0 Å². The predicted octanol–water partition coefficient (Wildman–Crippen LogP) is 4.84. The summed E-state index contributed by atoms with van der Waals surface area (Å²) in [7, 11) is 1.68. The van der Waals surface area contributed by atoms with Gasteiger partial charge in [-0.15, -0.1) is 11.8 Å². The number of rotatable bonds is 6. The van der Waals surface area contributed by atoms with E-state index in [1.807, 2.05) is 24.3 Å². The van der Waals surface area contributed by atoms with E-state index < -0.39 is 0 Å². The number of ether oxygens (including phenoxy) is 1. The number of thiazole rings is 1. The third-order valence-electron chi connectivity index (χ3n) is 4.21. The lowest BCUT2D eigenvalue weighted by molar-refractivity contribution is -0.115. The Morgan fingerprint density at radius 1 is 1.22 bits per heavy atom. The molecule has 0 aliphatic rings. The van der Waals surface area contributed by atoms with E-state index in [4.69, 9.17) is 16.3 Å². The lowest BCUT2D eigenvalue weighted by Crippen LogP contribution is -2.19. The summed E-state index contributed by atoms with van der Waals surface area (Å²) in [6, 6.07) is 11.8. The van der Waals surface area contributed by atoms with Crippen molar-refractivity contribution in [3.63, 3.8) is 0 Å². The normalized spacial score (nSPS) is 12.1. The van der Waals surface area contributed by atoms with Crippen molar-refractivity contribution in [1.29, 1.82) is 0 Å². The average Bonchev–Trinajstić information content (AvgIpc) is 2.96. The number of halogens is 1. The van der Waals surface area contributed by atoms with Gasteiger partial charge < -0.3 is 9.30 Å². The van der Waals surface area contributed by atoms with Gasteiger partial charge in [0.05, 0.1) is 22.6 Å². The Kier molecular flexibility index (Phi) is 6.76. The summed E-state index contributed by atoms with van der Waals surface area (Å²) in [6.07, 6.45) is 0. The molecule has 0 bridgehead atoms. The van der Waals surface area contributed by atoms with Crippen LogP contribution in [0.4, 0.5) is 0 Å². The van der Waals surface area contributed by atoms with Crippen LogP contribution in [0.3, 0.4) is 0 Å². The molecule has 142 valence electrons. The van der Waals surface area contributed by atoms with E-state index >= 15 is 0 Å². The summed E-state index contributed by atoms with van der Waals surface area (Å²) in [5.74, 6) is 0.138. The second kappa shape index (κ2) is 9.06. The van der Waals surface area contributed by atoms with Crippen LogP contribution in [-0.2, 0) is 16.1 Å². The molecule has 3 aromatic rings. The van der Waals surface area contributed by atoms with Crippen molar-refractivity contribution in [1.82, 2.24) is 4.57 Å². The Morgan fingerprint density at radius 2 is 1.93 bits per heavy atom. The van der Waals surface area contributed by atoms with Crippen LogP contribution in [0.25, 0.3) is 10.2 Å². The highest BCUT2D eigenvalue weighted by Crippen LogP contribution is 2.23. The first kappa shape index (κ1) is 20.1. The van der Waals surface area contributed by atoms with E-state index in [0.717, 1.165) is 15.1 Å². The van der Waals surface area contributed by atoms with Crippen LogP contribution >= 0.6 is 34.7 Å². The highest BCUT2D eigenvalue weighted by atomic mass is 35.5. The molecule has 0 saturated heterocycles. The van der Waals surface area contributed by atoms with Crippen LogP contribution in [-0.4, -0.2) is 29.9 Å². The fourth-order valence-electron chi connectivity index (χ4n) is 2.62. The van der Waals surface area contributed by atoms with E-state index in [9.17, 15) is 4.79 Å². The molecule has 0 atom stereocenters. The molecule has 0 fully saturated rings. The molecule has 0 radical (unpaired) electrons. The lowest BCUT2D eigenvalue weighted by atomic mass is 10.1. The molecule has 1 heterocycles. The number of aryl methyl sites for hydroxylation is 2. The largest absolute Gasteiger partial charge is 0.383 e. The molecular weight excluding hydrogens is 400 g/mol. The summed E-state index contributed by atoms with van der Waals surface area (Å²) >= 11 is 8.90. The molecule has 27 heavy (non-hydrogen) atoms. The van der Waals surface area contributed by atoms with Crippen molar-refractivity contribution in [3.05, 3.63) is 57.3 Å². The number of methoxy groups -OCH3 is 1. The number of fused-ring (bicyclic) bond motifs is 1. The molecule has 1 amide bonds. The van der Waals surface area contributed by atoms with E-state index in [2.05, 4.69) is 35.5 Å². The smallest absolute Gasteiger partial charge is 0.258 e. The average molecular weight is 421 g/mol. The monoisotopic (exact) mass is 420 g/mol. The molecule has 4 nitrogen and oxygen atoms in total. The number of nitrogens with zero attached hydrogens (tertiary/aromatic N) is 2. The van der Waals surface area contributed by atoms with Gasteiger partial charge in [-0.1, -0.05) is 22.9 Å². The first-order valence-electron chi connectivity index (χ1n) is 8.53. The fourth-order valence-corrected chi connectivity index (χ4v) is 4.58. The number of aromatic nitrogens is 1. The first-order chi connectivity index (χ1) is 13.0. The maximum Gasteiger partial charge on any atom is 0.258 e. The van der Waals surface area contributed by atoms with Crippen molar-refractivity contribution in [2.45, 2.75) is 25.3 Å². The molecule has 1 aromatic heterocycles. The van der Waals surface area contributed by atoms with Gasteiger partial charge in [0.2, 0.25) is 0 Å². The van der Waals surface area contributed by atoms with E-state index in [0.29, 0.717) is 23.0 Å². The second-order valence-electron chi connectivity index (χ2n) is 6.18. The van der Waals surface area contributed by atoms with Gasteiger partial charge in [-0.2, -0.15) is 4.99 Å². The number of carbonyl (C=O) groups is 1. The van der Waals surface area contributed by atoms with Crippen molar-refractivity contribution < 1.29 is 9.53 Å². The highest BCUT2D eigenvalue weighted by Gasteiger charge is 2.10. The Bertz CT molecular complexity index is 1020. The number of amides is 1. The molecular formula is C20H21ClN2O2S2. The molecule has 3 rings (SSSR count). The Hall–Kier alpha value is -1.60. The molecule has 0 N–H and O–H groups in total. The second-order valence-corrected chi connectivity index (χ2v) is 8.68. The van der Waals surface area contributed by atoms with Crippen molar-refractivity contribution in [2.24, 2.45) is 4.99 Å². The SMILES string of the molecule is COCCn1c(=NC(=O)CSc2ccc(Cl)cc2)sc2cc(C)c(C)cc21. The molecule has 7 heteroatoms. The van der Waals surface area contributed by atoms with E-state index in [1.54, 1.807) is 18.4 Å². The summed E-state index contributed by atoms with van der Waals surface area (Å²) < 4.78 is 8.44. The maximum absolute atomic E-state index is 12.4. The molecule has 0 unspecified atom stereocenters. The maximum atomic E-state index is 12.4. The number of hydrogen-bond acceptors (Lipinski definition) is 4. The predicted molar refractivity (Wildman–Crippen MR) is 114 cm³/mol. The van der Waals surface area contributed by atoms with Crippen molar-refractivity contribution >= 4 is 50.8 Å². The minimum absolute atomic E-state index is 0.152. The van der Waals surface area contributed by atoms with Crippen LogP contribution < -0.4 is 4.80 Å². The van der Waals surface area contributed by atoms with Crippen LogP contribution in [0, 0.1) is 13.8 Å². The Balaban J connectivity index is 1.88. The van der Waals surface area contributed by atoms with Gasteiger partial charge in [0.25, 0.3) is 5.91 Å². The zero-order valence-electron chi connectivity index (χ0n) is 15.5. The third-order valence-corrected chi connectivity index (χ3v) is 6.50. The minimum atomic E-state index is -0.152. The quantitative estimate of drug-likeness (QED) is 0.536. The standard InChI is InChI=1S/C20H21ClN2O2S2/c1-13-10-17-18(11-14(13)2)27-20(23(17)8-9-25-3)22-19(24)12-26-16-6-4-15(21)5-7-16/h4-7,10-11H,8-9,12H2,1-3H3. The number of hydrogen-bond donors (Lipinski definition) is 0. The summed E-state index contributed by atoms with van der Waals surface area (Å²) in [4.78, 5) is 18.5. The highest BCUT2D eigenvalue weighted by molar-refractivity contribution is 8.00. The van der Waals surface area contributed by atoms with Gasteiger partial charge in [0, 0.05) is 23.6 Å². The molecule has 0 aliphatic heterocycles. The first-order valence-corrected chi connectivity index (χ1v) is 10.7. The van der Waals surface area contributed by atoms with Crippen molar-refractivity contribution in [3.8, 4) is 0 Å². The van der Waals surface area contributed by atoms with Crippen molar-refractivity contribution in [2.75, 3.05) is 19.5 Å². The van der Waals surface area contributed by atoms with Gasteiger partial charge in [0.15, 0.2) is 4.80 Å². The minimum Gasteiger partial charge on any atom is -0.383 e. The van der Waals surface area contributed by atoms with Crippen LogP contribution in [0.2, 0.25) is 5.02 Å². The molecule has 2 aromatic carbocycles. The van der Waals surface area contributed by atoms with Gasteiger partial charge in [-0.3, -0.25) is 4.79 Å². The summed E-state index contributed by atoms with van der Waals surface area (Å²) in [5.41, 5.74) is 3.55. The molecule has 0 saturated carbocycles. The Labute approximate surface area is 171 Å². The summed E-state index contributed by atoms with van der Waals surface area (Å²) in [5, 5.41) is 0.686. The number of thioether (sulfide) groups is 1. The van der Waals surface area contributed by atoms with Gasteiger partial charge in [0.1, 0.15) is 0 Å².